The van der Waals surface area contributed by atoms with E-state index in [-0.39, 0.29) is 23.8 Å². The molecular weight excluding hydrogens is 429 g/mol. The molecular formula is C21H19F3N4O4. The van der Waals surface area contributed by atoms with Gasteiger partial charge < -0.3 is 15.4 Å². The number of halogens is 3. The first-order valence-electron chi connectivity index (χ1n) is 9.31. The second kappa shape index (κ2) is 9.00. The molecule has 0 spiro atoms. The van der Waals surface area contributed by atoms with Crippen LogP contribution in [-0.2, 0) is 17.5 Å². The van der Waals surface area contributed by atoms with Crippen LogP contribution in [0, 0.1) is 0 Å². The van der Waals surface area contributed by atoms with Crippen molar-refractivity contribution >= 4 is 17.4 Å². The fraction of sp³-hybridized carbons (Fsp3) is 0.190. The van der Waals surface area contributed by atoms with Crippen molar-refractivity contribution in [1.82, 2.24) is 9.55 Å². The Morgan fingerprint density at radius 2 is 1.81 bits per heavy atom. The monoisotopic (exact) mass is 448 g/mol. The van der Waals surface area contributed by atoms with E-state index in [9.17, 15) is 27.6 Å². The number of benzene rings is 2. The zero-order valence-corrected chi connectivity index (χ0v) is 16.8. The number of nitrogens with two attached hydrogens (primary N) is 1. The van der Waals surface area contributed by atoms with Crippen LogP contribution in [0.3, 0.4) is 0 Å². The summed E-state index contributed by atoms with van der Waals surface area (Å²) >= 11 is 0. The molecule has 3 N–H and O–H groups in total. The van der Waals surface area contributed by atoms with Crippen LogP contribution in [0.1, 0.15) is 11.1 Å². The Hall–Kier alpha value is -4.02. The molecule has 0 saturated heterocycles. The number of nitrogens with one attached hydrogen (secondary N) is 1. The number of aromatic amines is 1. The number of likely N-dealkylation sites (N-methyl/N-ethyl adjacent to an activating group) is 1. The van der Waals surface area contributed by atoms with E-state index >= 15 is 0 Å². The number of nitrogen functional groups attached to an aromatic ring is 1. The fourth-order valence-electron chi connectivity index (χ4n) is 2.95. The van der Waals surface area contributed by atoms with Crippen molar-refractivity contribution in [1.29, 1.82) is 0 Å². The number of nitrogens with zero attached hydrogens (tertiary/aromatic N) is 2. The summed E-state index contributed by atoms with van der Waals surface area (Å²) in [5.74, 6) is -1.17. The highest BCUT2D eigenvalue weighted by molar-refractivity contribution is 5.96. The SMILES string of the molecule is CN(C(=O)COc1cccc(C(F)(F)F)c1)c1c(N)n(Cc2ccccc2)c(=O)[nH]c1=O. The normalized spacial score (nSPS) is 11.2. The van der Waals surface area contributed by atoms with Crippen molar-refractivity contribution in [2.75, 3.05) is 24.3 Å². The quantitative estimate of drug-likeness (QED) is 0.601. The predicted octanol–water partition coefficient (Wildman–Crippen LogP) is 2.23. The molecule has 0 fully saturated rings. The van der Waals surface area contributed by atoms with Crippen LogP contribution < -0.4 is 26.6 Å². The molecule has 0 aliphatic rings. The minimum absolute atomic E-state index is 0.0536. The van der Waals surface area contributed by atoms with E-state index in [1.54, 1.807) is 30.3 Å². The van der Waals surface area contributed by atoms with E-state index in [1.807, 2.05) is 0 Å². The lowest BCUT2D eigenvalue weighted by Gasteiger charge is -2.20. The van der Waals surface area contributed by atoms with E-state index in [0.29, 0.717) is 0 Å². The van der Waals surface area contributed by atoms with E-state index in [0.717, 1.165) is 33.2 Å². The summed E-state index contributed by atoms with van der Waals surface area (Å²) in [5.41, 5.74) is 3.93. The standard InChI is InChI=1S/C21H19F3N4O4/c1-27(16(29)12-32-15-9-5-8-14(10-15)21(22,23)24)17-18(25)28(20(31)26-19(17)30)11-13-6-3-2-4-7-13/h2-10H,11-12,25H2,1H3,(H,26,30,31). The summed E-state index contributed by atoms with van der Waals surface area (Å²) in [7, 11) is 1.25. The van der Waals surface area contributed by atoms with E-state index in [4.69, 9.17) is 10.5 Å². The van der Waals surface area contributed by atoms with Crippen molar-refractivity contribution in [3.63, 3.8) is 0 Å². The molecule has 0 atom stereocenters. The number of carbonyl (C=O) groups excluding carboxylic acids is 1. The maximum absolute atomic E-state index is 12.8. The lowest BCUT2D eigenvalue weighted by molar-refractivity contribution is -0.137. The van der Waals surface area contributed by atoms with Crippen LogP contribution in [0.15, 0.2) is 64.2 Å². The maximum Gasteiger partial charge on any atom is 0.416 e. The molecule has 1 amide bonds. The number of carbonyl (C=O) groups is 1. The Labute approximate surface area is 179 Å². The third-order valence-corrected chi connectivity index (χ3v) is 4.63. The molecule has 1 heterocycles. The molecule has 1 aromatic heterocycles. The molecule has 0 unspecified atom stereocenters. The largest absolute Gasteiger partial charge is 0.484 e. The Kier molecular flexibility index (Phi) is 6.37. The zero-order valence-electron chi connectivity index (χ0n) is 16.8. The molecule has 0 saturated carbocycles. The summed E-state index contributed by atoms with van der Waals surface area (Å²) in [6, 6.07) is 12.9. The summed E-state index contributed by atoms with van der Waals surface area (Å²) in [4.78, 5) is 40.1. The molecule has 8 nitrogen and oxygen atoms in total. The van der Waals surface area contributed by atoms with Gasteiger partial charge in [-0.1, -0.05) is 36.4 Å². The number of hydrogen-bond acceptors (Lipinski definition) is 5. The second-order valence-corrected chi connectivity index (χ2v) is 6.83. The molecule has 0 aliphatic heterocycles. The highest BCUT2D eigenvalue weighted by atomic mass is 19.4. The topological polar surface area (TPSA) is 110 Å². The summed E-state index contributed by atoms with van der Waals surface area (Å²) in [5, 5.41) is 0. The summed E-state index contributed by atoms with van der Waals surface area (Å²) < 4.78 is 44.7. The molecule has 0 radical (unpaired) electrons. The molecule has 32 heavy (non-hydrogen) atoms. The van der Waals surface area contributed by atoms with Gasteiger partial charge in [0.15, 0.2) is 12.3 Å². The molecule has 0 bridgehead atoms. The second-order valence-electron chi connectivity index (χ2n) is 6.83. The minimum Gasteiger partial charge on any atom is -0.484 e. The number of aromatic nitrogens is 2. The van der Waals surface area contributed by atoms with Gasteiger partial charge in [0, 0.05) is 7.05 Å². The van der Waals surface area contributed by atoms with Crippen molar-refractivity contribution in [3.05, 3.63) is 86.6 Å². The van der Waals surface area contributed by atoms with Gasteiger partial charge in [-0.3, -0.25) is 19.1 Å². The number of amides is 1. The van der Waals surface area contributed by atoms with Gasteiger partial charge >= 0.3 is 11.9 Å². The first-order valence-corrected chi connectivity index (χ1v) is 9.31. The van der Waals surface area contributed by atoms with Crippen LogP contribution in [0.2, 0.25) is 0 Å². The molecule has 2 aromatic carbocycles. The first kappa shape index (κ1) is 22.7. The number of H-pyrrole nitrogens is 1. The molecule has 3 aromatic rings. The smallest absolute Gasteiger partial charge is 0.416 e. The average Bonchev–Trinajstić information content (AvgIpc) is 2.75. The summed E-state index contributed by atoms with van der Waals surface area (Å²) in [6.45, 7) is -0.605. The van der Waals surface area contributed by atoms with E-state index in [2.05, 4.69) is 4.98 Å². The molecule has 168 valence electrons. The number of anilines is 2. The number of ether oxygens (including phenoxy) is 1. The van der Waals surface area contributed by atoms with Gasteiger partial charge in [-0.15, -0.1) is 0 Å². The van der Waals surface area contributed by atoms with E-state index in [1.165, 1.54) is 13.1 Å². The number of hydrogen-bond donors (Lipinski definition) is 2. The van der Waals surface area contributed by atoms with Crippen LogP contribution in [0.25, 0.3) is 0 Å². The fourth-order valence-corrected chi connectivity index (χ4v) is 2.95. The lowest BCUT2D eigenvalue weighted by Crippen LogP contribution is -2.41. The Balaban J connectivity index is 1.82. The van der Waals surface area contributed by atoms with Crippen LogP contribution >= 0.6 is 0 Å². The zero-order chi connectivity index (χ0) is 23.5. The highest BCUT2D eigenvalue weighted by Crippen LogP contribution is 2.31. The van der Waals surface area contributed by atoms with Crippen molar-refractivity contribution in [2.45, 2.75) is 12.7 Å². The first-order chi connectivity index (χ1) is 15.1. The van der Waals surface area contributed by atoms with Crippen LogP contribution in [-0.4, -0.2) is 29.1 Å². The van der Waals surface area contributed by atoms with Crippen molar-refractivity contribution in [3.8, 4) is 5.75 Å². The van der Waals surface area contributed by atoms with E-state index < -0.39 is 35.5 Å². The summed E-state index contributed by atoms with van der Waals surface area (Å²) in [6.07, 6.45) is -4.56. The van der Waals surface area contributed by atoms with Gasteiger partial charge in [0.2, 0.25) is 0 Å². The van der Waals surface area contributed by atoms with Crippen LogP contribution in [0.4, 0.5) is 24.7 Å². The predicted molar refractivity (Wildman–Crippen MR) is 112 cm³/mol. The Morgan fingerprint density at radius 3 is 2.47 bits per heavy atom. The van der Waals surface area contributed by atoms with Gasteiger partial charge in [0.25, 0.3) is 11.5 Å². The third-order valence-electron chi connectivity index (χ3n) is 4.63. The minimum atomic E-state index is -4.56. The van der Waals surface area contributed by atoms with Crippen molar-refractivity contribution in [2.24, 2.45) is 0 Å². The number of rotatable bonds is 6. The van der Waals surface area contributed by atoms with Gasteiger partial charge in [0.1, 0.15) is 11.6 Å². The molecule has 0 aliphatic carbocycles. The maximum atomic E-state index is 12.8. The Morgan fingerprint density at radius 1 is 1.12 bits per heavy atom. The van der Waals surface area contributed by atoms with Crippen molar-refractivity contribution < 1.29 is 22.7 Å². The van der Waals surface area contributed by atoms with Gasteiger partial charge in [-0.05, 0) is 23.8 Å². The molecule has 11 heteroatoms. The van der Waals surface area contributed by atoms with Crippen LogP contribution in [0.5, 0.6) is 5.75 Å². The van der Waals surface area contributed by atoms with Gasteiger partial charge in [0.05, 0.1) is 12.1 Å². The molecule has 3 rings (SSSR count). The Bertz CT molecular complexity index is 1240. The lowest BCUT2D eigenvalue weighted by atomic mass is 10.2. The van der Waals surface area contributed by atoms with Gasteiger partial charge in [-0.25, -0.2) is 4.79 Å². The van der Waals surface area contributed by atoms with Gasteiger partial charge in [-0.2, -0.15) is 13.2 Å². The third kappa shape index (κ3) is 4.99. The number of alkyl halides is 3. The average molecular weight is 448 g/mol. The highest BCUT2D eigenvalue weighted by Gasteiger charge is 2.30.